The second-order valence-electron chi connectivity index (χ2n) is 3.00. The molecular weight excluding hydrogens is 204 g/mol. The lowest BCUT2D eigenvalue weighted by Gasteiger charge is -2.06. The van der Waals surface area contributed by atoms with Crippen molar-refractivity contribution in [3.63, 3.8) is 0 Å². The first-order valence-corrected chi connectivity index (χ1v) is 5.32. The normalized spacial score (nSPS) is 18.4. The summed E-state index contributed by atoms with van der Waals surface area (Å²) in [5, 5.41) is 0. The summed E-state index contributed by atoms with van der Waals surface area (Å²) in [6, 6.07) is 4.47. The summed E-state index contributed by atoms with van der Waals surface area (Å²) in [5.74, 6) is -0.535. The summed E-state index contributed by atoms with van der Waals surface area (Å²) < 4.78 is 24.0. The number of nitrogen functional groups attached to an aromatic ring is 1. The molecule has 1 aromatic rings. The van der Waals surface area contributed by atoms with E-state index in [-0.39, 0.29) is 16.1 Å². The Morgan fingerprint density at radius 2 is 2.00 bits per heavy atom. The van der Waals surface area contributed by atoms with Crippen molar-refractivity contribution in [2.24, 2.45) is 0 Å². The molecule has 5 nitrogen and oxygen atoms in total. The summed E-state index contributed by atoms with van der Waals surface area (Å²) in [6.07, 6.45) is 0. The van der Waals surface area contributed by atoms with E-state index in [0.29, 0.717) is 4.31 Å². The zero-order chi connectivity index (χ0) is 10.5. The number of carbonyl (C=O) groups is 1. The largest absolute Gasteiger partial charge is 0.398 e. The molecule has 0 fully saturated rings. The fourth-order valence-electron chi connectivity index (χ4n) is 1.43. The van der Waals surface area contributed by atoms with Gasteiger partial charge in [-0.05, 0) is 12.1 Å². The van der Waals surface area contributed by atoms with Crippen LogP contribution in [0, 0.1) is 0 Å². The molecular formula is C8H8N2O3S. The van der Waals surface area contributed by atoms with Crippen LogP contribution in [0.15, 0.2) is 23.1 Å². The van der Waals surface area contributed by atoms with Crippen LogP contribution in [-0.4, -0.2) is 25.7 Å². The molecule has 0 saturated carbocycles. The number of rotatable bonds is 0. The lowest BCUT2D eigenvalue weighted by Crippen LogP contribution is -2.25. The lowest BCUT2D eigenvalue weighted by molar-refractivity contribution is 0.0891. The molecule has 0 atom stereocenters. The van der Waals surface area contributed by atoms with Gasteiger partial charge in [-0.15, -0.1) is 0 Å². The van der Waals surface area contributed by atoms with Crippen molar-refractivity contribution in [2.45, 2.75) is 4.90 Å². The molecule has 0 bridgehead atoms. The third-order valence-electron chi connectivity index (χ3n) is 2.18. The second-order valence-corrected chi connectivity index (χ2v) is 4.91. The minimum atomic E-state index is -3.71. The minimum absolute atomic E-state index is 0.0764. The first-order chi connectivity index (χ1) is 6.46. The van der Waals surface area contributed by atoms with Crippen molar-refractivity contribution < 1.29 is 13.2 Å². The maximum Gasteiger partial charge on any atom is 0.269 e. The first kappa shape index (κ1) is 9.01. The van der Waals surface area contributed by atoms with Gasteiger partial charge in [-0.1, -0.05) is 6.07 Å². The number of benzene rings is 1. The summed E-state index contributed by atoms with van der Waals surface area (Å²) in [5.41, 5.74) is 5.77. The molecule has 1 amide bonds. The van der Waals surface area contributed by atoms with Crippen LogP contribution in [0.25, 0.3) is 0 Å². The molecule has 0 saturated heterocycles. The molecule has 1 heterocycles. The molecule has 0 aromatic heterocycles. The monoisotopic (exact) mass is 212 g/mol. The fourth-order valence-corrected chi connectivity index (χ4v) is 2.82. The zero-order valence-electron chi connectivity index (χ0n) is 7.39. The smallest absolute Gasteiger partial charge is 0.269 e. The van der Waals surface area contributed by atoms with Crippen LogP contribution in [-0.2, 0) is 10.0 Å². The minimum Gasteiger partial charge on any atom is -0.398 e. The molecule has 0 unspecified atom stereocenters. The Morgan fingerprint density at radius 3 is 2.57 bits per heavy atom. The van der Waals surface area contributed by atoms with Crippen molar-refractivity contribution >= 4 is 21.6 Å². The molecule has 0 aliphatic carbocycles. The molecule has 0 spiro atoms. The zero-order valence-corrected chi connectivity index (χ0v) is 8.21. The predicted molar refractivity (Wildman–Crippen MR) is 50.1 cm³/mol. The van der Waals surface area contributed by atoms with Gasteiger partial charge in [0.1, 0.15) is 4.90 Å². The van der Waals surface area contributed by atoms with Crippen LogP contribution in [0.2, 0.25) is 0 Å². The number of nitrogens with two attached hydrogens (primary N) is 1. The highest BCUT2D eigenvalue weighted by molar-refractivity contribution is 7.90. The van der Waals surface area contributed by atoms with Crippen LogP contribution >= 0.6 is 0 Å². The number of hydrogen-bond acceptors (Lipinski definition) is 4. The Bertz CT molecular complexity index is 521. The Labute approximate surface area is 81.2 Å². The molecule has 6 heteroatoms. The molecule has 2 N–H and O–H groups in total. The van der Waals surface area contributed by atoms with Crippen molar-refractivity contribution in [3.8, 4) is 0 Å². The number of carbonyl (C=O) groups excluding carboxylic acids is 1. The van der Waals surface area contributed by atoms with Crippen LogP contribution in [0.5, 0.6) is 0 Å². The molecule has 1 aliphatic heterocycles. The summed E-state index contributed by atoms with van der Waals surface area (Å²) in [6.45, 7) is 0. The third kappa shape index (κ3) is 0.884. The van der Waals surface area contributed by atoms with Gasteiger partial charge in [0.2, 0.25) is 0 Å². The fraction of sp³-hybridized carbons (Fsp3) is 0.125. The topological polar surface area (TPSA) is 80.5 Å². The standard InChI is InChI=1S/C8H8N2O3S/c1-10-8(11)5-3-2-4-6(9)7(5)14(10,12)13/h2-4H,9H2,1H3. The number of amides is 1. The molecule has 1 aromatic carbocycles. The molecule has 74 valence electrons. The average Bonchev–Trinajstić information content (AvgIpc) is 2.29. The van der Waals surface area contributed by atoms with Gasteiger partial charge >= 0.3 is 0 Å². The Kier molecular flexibility index (Phi) is 1.59. The lowest BCUT2D eigenvalue weighted by atomic mass is 10.2. The van der Waals surface area contributed by atoms with E-state index in [0.717, 1.165) is 0 Å². The highest BCUT2D eigenvalue weighted by atomic mass is 32.2. The van der Waals surface area contributed by atoms with E-state index >= 15 is 0 Å². The van der Waals surface area contributed by atoms with Crippen LogP contribution < -0.4 is 5.73 Å². The molecule has 0 radical (unpaired) electrons. The number of sulfonamides is 1. The van der Waals surface area contributed by atoms with Gasteiger partial charge in [0.05, 0.1) is 11.3 Å². The SMILES string of the molecule is CN1C(=O)c2cccc(N)c2S1(=O)=O. The van der Waals surface area contributed by atoms with Gasteiger partial charge in [-0.2, -0.15) is 0 Å². The van der Waals surface area contributed by atoms with E-state index < -0.39 is 15.9 Å². The van der Waals surface area contributed by atoms with Gasteiger partial charge in [-0.3, -0.25) is 4.79 Å². The van der Waals surface area contributed by atoms with Crippen LogP contribution in [0.1, 0.15) is 10.4 Å². The van der Waals surface area contributed by atoms with Gasteiger partial charge in [0.15, 0.2) is 0 Å². The Hall–Kier alpha value is -1.56. The van der Waals surface area contributed by atoms with Crippen molar-refractivity contribution in [1.82, 2.24) is 4.31 Å². The van der Waals surface area contributed by atoms with E-state index in [9.17, 15) is 13.2 Å². The molecule has 14 heavy (non-hydrogen) atoms. The number of fused-ring (bicyclic) bond motifs is 1. The van der Waals surface area contributed by atoms with E-state index in [1.807, 2.05) is 0 Å². The quantitative estimate of drug-likeness (QED) is 0.616. The third-order valence-corrected chi connectivity index (χ3v) is 4.04. The highest BCUT2D eigenvalue weighted by Gasteiger charge is 2.39. The van der Waals surface area contributed by atoms with E-state index in [1.54, 1.807) is 6.07 Å². The van der Waals surface area contributed by atoms with E-state index in [1.165, 1.54) is 19.2 Å². The number of anilines is 1. The first-order valence-electron chi connectivity index (χ1n) is 3.88. The van der Waals surface area contributed by atoms with E-state index in [4.69, 9.17) is 5.73 Å². The molecule has 2 rings (SSSR count). The summed E-state index contributed by atoms with van der Waals surface area (Å²) in [4.78, 5) is 11.4. The maximum atomic E-state index is 11.6. The van der Waals surface area contributed by atoms with Crippen LogP contribution in [0.3, 0.4) is 0 Å². The van der Waals surface area contributed by atoms with Gasteiger partial charge in [-0.25, -0.2) is 12.7 Å². The summed E-state index contributed by atoms with van der Waals surface area (Å²) >= 11 is 0. The van der Waals surface area contributed by atoms with E-state index in [2.05, 4.69) is 0 Å². The van der Waals surface area contributed by atoms with Crippen molar-refractivity contribution in [1.29, 1.82) is 0 Å². The second kappa shape index (κ2) is 2.48. The highest BCUT2D eigenvalue weighted by Crippen LogP contribution is 2.32. The number of hydrogen-bond donors (Lipinski definition) is 1. The molecule has 1 aliphatic rings. The average molecular weight is 212 g/mol. The van der Waals surface area contributed by atoms with Crippen LogP contribution in [0.4, 0.5) is 5.69 Å². The number of nitrogens with zero attached hydrogens (tertiary/aromatic N) is 1. The van der Waals surface area contributed by atoms with Crippen molar-refractivity contribution in [2.75, 3.05) is 12.8 Å². The summed E-state index contributed by atoms with van der Waals surface area (Å²) in [7, 11) is -2.49. The van der Waals surface area contributed by atoms with Gasteiger partial charge < -0.3 is 5.73 Å². The predicted octanol–water partition coefficient (Wildman–Crippen LogP) is 0.0431. The van der Waals surface area contributed by atoms with Crippen molar-refractivity contribution in [3.05, 3.63) is 23.8 Å². The maximum absolute atomic E-state index is 11.6. The van der Waals surface area contributed by atoms with Gasteiger partial charge in [0.25, 0.3) is 15.9 Å². The Balaban J connectivity index is 2.89. The Morgan fingerprint density at radius 1 is 1.36 bits per heavy atom. The van der Waals surface area contributed by atoms with Gasteiger partial charge in [0, 0.05) is 7.05 Å².